The van der Waals surface area contributed by atoms with Crippen LogP contribution < -0.4 is 10.6 Å². The molecule has 0 spiro atoms. The van der Waals surface area contributed by atoms with Crippen molar-refractivity contribution in [2.45, 2.75) is 13.8 Å². The molecule has 26 heavy (non-hydrogen) atoms. The lowest BCUT2D eigenvalue weighted by molar-refractivity contribution is -0.384. The van der Waals surface area contributed by atoms with Crippen molar-refractivity contribution in [2.75, 3.05) is 10.6 Å². The standard InChI is InChI=1S/C19H19N3O4/c1-13(2)19(24)21-16-5-3-4-15(12-16)20-18(23)11-8-14-6-9-17(10-7-14)22(25)26/h3-13H,1-2H3,(H,20,23)(H,21,24)/b11-8+. The Bertz CT molecular complexity index is 842. The van der Waals surface area contributed by atoms with E-state index < -0.39 is 4.92 Å². The van der Waals surface area contributed by atoms with Crippen LogP contribution in [0.2, 0.25) is 0 Å². The number of nitrogens with zero attached hydrogens (tertiary/aromatic N) is 1. The highest BCUT2D eigenvalue weighted by atomic mass is 16.6. The number of hydrogen-bond acceptors (Lipinski definition) is 4. The lowest BCUT2D eigenvalue weighted by Gasteiger charge is -2.09. The molecule has 2 amide bonds. The number of nitro groups is 1. The first-order chi connectivity index (χ1) is 12.3. The highest BCUT2D eigenvalue weighted by Crippen LogP contribution is 2.16. The van der Waals surface area contributed by atoms with Gasteiger partial charge in [-0.2, -0.15) is 0 Å². The monoisotopic (exact) mass is 353 g/mol. The van der Waals surface area contributed by atoms with Crippen LogP contribution in [0.5, 0.6) is 0 Å². The highest BCUT2D eigenvalue weighted by molar-refractivity contribution is 6.02. The maximum atomic E-state index is 12.0. The maximum absolute atomic E-state index is 12.0. The number of carbonyl (C=O) groups excluding carboxylic acids is 2. The predicted octanol–water partition coefficient (Wildman–Crippen LogP) is 3.84. The fourth-order valence-electron chi connectivity index (χ4n) is 2.02. The van der Waals surface area contributed by atoms with Crippen LogP contribution in [-0.2, 0) is 9.59 Å². The number of hydrogen-bond donors (Lipinski definition) is 2. The second-order valence-corrected chi connectivity index (χ2v) is 5.90. The van der Waals surface area contributed by atoms with Crippen LogP contribution in [0.4, 0.5) is 17.1 Å². The Labute approximate surface area is 150 Å². The molecule has 2 aromatic carbocycles. The van der Waals surface area contributed by atoms with E-state index in [1.54, 1.807) is 56.3 Å². The normalized spacial score (nSPS) is 10.7. The van der Waals surface area contributed by atoms with Crippen molar-refractivity contribution in [2.24, 2.45) is 5.92 Å². The number of nitro benzene ring substituents is 1. The van der Waals surface area contributed by atoms with Gasteiger partial charge in [0.25, 0.3) is 5.69 Å². The number of anilines is 2. The molecular weight excluding hydrogens is 334 g/mol. The van der Waals surface area contributed by atoms with Gasteiger partial charge in [-0.15, -0.1) is 0 Å². The van der Waals surface area contributed by atoms with Crippen molar-refractivity contribution < 1.29 is 14.5 Å². The Morgan fingerprint density at radius 3 is 2.23 bits per heavy atom. The zero-order valence-corrected chi connectivity index (χ0v) is 14.4. The van der Waals surface area contributed by atoms with Crippen LogP contribution in [0.25, 0.3) is 6.08 Å². The maximum Gasteiger partial charge on any atom is 0.269 e. The van der Waals surface area contributed by atoms with Crippen LogP contribution in [0.1, 0.15) is 19.4 Å². The second-order valence-electron chi connectivity index (χ2n) is 5.90. The van der Waals surface area contributed by atoms with Gasteiger partial charge in [0.15, 0.2) is 0 Å². The van der Waals surface area contributed by atoms with Crippen molar-refractivity contribution >= 4 is 35.0 Å². The average molecular weight is 353 g/mol. The van der Waals surface area contributed by atoms with Crippen LogP contribution in [0.3, 0.4) is 0 Å². The fraction of sp³-hybridized carbons (Fsp3) is 0.158. The van der Waals surface area contributed by atoms with Gasteiger partial charge in [-0.25, -0.2) is 0 Å². The molecule has 0 aliphatic rings. The van der Waals surface area contributed by atoms with Crippen LogP contribution in [0.15, 0.2) is 54.6 Å². The van der Waals surface area contributed by atoms with Gasteiger partial charge >= 0.3 is 0 Å². The number of carbonyl (C=O) groups is 2. The molecule has 134 valence electrons. The van der Waals surface area contributed by atoms with Crippen molar-refractivity contribution in [1.29, 1.82) is 0 Å². The summed E-state index contributed by atoms with van der Waals surface area (Å²) < 4.78 is 0. The van der Waals surface area contributed by atoms with E-state index in [4.69, 9.17) is 0 Å². The summed E-state index contributed by atoms with van der Waals surface area (Å²) in [6, 6.07) is 12.7. The molecule has 0 atom stereocenters. The summed E-state index contributed by atoms with van der Waals surface area (Å²) in [5, 5.41) is 16.1. The van der Waals surface area contributed by atoms with Crippen molar-refractivity contribution in [3.63, 3.8) is 0 Å². The molecule has 0 saturated carbocycles. The van der Waals surface area contributed by atoms with Gasteiger partial charge in [-0.3, -0.25) is 19.7 Å². The van der Waals surface area contributed by atoms with Gasteiger partial charge in [0.05, 0.1) is 4.92 Å². The Balaban J connectivity index is 1.98. The van der Waals surface area contributed by atoms with E-state index in [-0.39, 0.29) is 23.4 Å². The first kappa shape index (κ1) is 18.9. The van der Waals surface area contributed by atoms with Gasteiger partial charge < -0.3 is 10.6 Å². The summed E-state index contributed by atoms with van der Waals surface area (Å²) in [5.41, 5.74) is 1.81. The quantitative estimate of drug-likeness (QED) is 0.468. The zero-order valence-electron chi connectivity index (χ0n) is 14.4. The van der Waals surface area contributed by atoms with E-state index in [9.17, 15) is 19.7 Å². The first-order valence-corrected chi connectivity index (χ1v) is 7.99. The summed E-state index contributed by atoms with van der Waals surface area (Å²) in [4.78, 5) is 33.9. The van der Waals surface area contributed by atoms with Crippen molar-refractivity contribution in [1.82, 2.24) is 0 Å². The van der Waals surface area contributed by atoms with Crippen LogP contribution in [0, 0.1) is 16.0 Å². The van der Waals surface area contributed by atoms with Gasteiger partial charge in [0.2, 0.25) is 11.8 Å². The van der Waals surface area contributed by atoms with Gasteiger partial charge in [0, 0.05) is 35.5 Å². The summed E-state index contributed by atoms with van der Waals surface area (Å²) in [6.07, 6.45) is 2.89. The SMILES string of the molecule is CC(C)C(=O)Nc1cccc(NC(=O)/C=C/c2ccc([N+](=O)[O-])cc2)c1. The zero-order chi connectivity index (χ0) is 19.1. The van der Waals surface area contributed by atoms with Gasteiger partial charge in [-0.1, -0.05) is 19.9 Å². The minimum atomic E-state index is -0.481. The van der Waals surface area contributed by atoms with Crippen LogP contribution in [-0.4, -0.2) is 16.7 Å². The van der Waals surface area contributed by atoms with E-state index in [1.807, 2.05) is 0 Å². The Morgan fingerprint density at radius 2 is 1.65 bits per heavy atom. The fourth-order valence-corrected chi connectivity index (χ4v) is 2.02. The highest BCUT2D eigenvalue weighted by Gasteiger charge is 2.08. The molecular formula is C19H19N3O4. The molecule has 0 unspecified atom stereocenters. The summed E-state index contributed by atoms with van der Waals surface area (Å²) in [7, 11) is 0. The molecule has 7 heteroatoms. The molecule has 0 bridgehead atoms. The second kappa shape index (κ2) is 8.57. The molecule has 0 aromatic heterocycles. The van der Waals surface area contributed by atoms with Gasteiger partial charge in [0.1, 0.15) is 0 Å². The smallest absolute Gasteiger partial charge is 0.269 e. The molecule has 0 saturated heterocycles. The molecule has 0 radical (unpaired) electrons. The molecule has 0 fully saturated rings. The van der Waals surface area contributed by atoms with E-state index >= 15 is 0 Å². The van der Waals surface area contributed by atoms with E-state index in [1.165, 1.54) is 18.2 Å². The molecule has 2 N–H and O–H groups in total. The molecule has 0 heterocycles. The molecule has 2 rings (SSSR count). The lowest BCUT2D eigenvalue weighted by Crippen LogP contribution is -2.17. The number of nitrogens with one attached hydrogen (secondary N) is 2. The minimum absolute atomic E-state index is 0.00754. The third kappa shape index (κ3) is 5.55. The predicted molar refractivity (Wildman–Crippen MR) is 101 cm³/mol. The average Bonchev–Trinajstić information content (AvgIpc) is 2.60. The summed E-state index contributed by atoms with van der Waals surface area (Å²) in [5.74, 6) is -0.597. The summed E-state index contributed by atoms with van der Waals surface area (Å²) >= 11 is 0. The molecule has 2 aromatic rings. The Hall–Kier alpha value is -3.48. The largest absolute Gasteiger partial charge is 0.326 e. The lowest BCUT2D eigenvalue weighted by atomic mass is 10.2. The summed E-state index contributed by atoms with van der Waals surface area (Å²) in [6.45, 7) is 3.59. The van der Waals surface area contributed by atoms with E-state index in [0.717, 1.165) is 0 Å². The number of benzene rings is 2. The number of non-ortho nitro benzene ring substituents is 1. The molecule has 0 aliphatic heterocycles. The third-order valence-corrected chi connectivity index (χ3v) is 3.45. The minimum Gasteiger partial charge on any atom is -0.326 e. The van der Waals surface area contributed by atoms with Crippen LogP contribution >= 0.6 is 0 Å². The van der Waals surface area contributed by atoms with E-state index in [0.29, 0.717) is 16.9 Å². The van der Waals surface area contributed by atoms with E-state index in [2.05, 4.69) is 10.6 Å². The van der Waals surface area contributed by atoms with Crippen molar-refractivity contribution in [3.8, 4) is 0 Å². The number of amides is 2. The van der Waals surface area contributed by atoms with Crippen molar-refractivity contribution in [3.05, 3.63) is 70.3 Å². The number of rotatable bonds is 6. The van der Waals surface area contributed by atoms with Gasteiger partial charge in [-0.05, 0) is 42.0 Å². The third-order valence-electron chi connectivity index (χ3n) is 3.45. The Kier molecular flexibility index (Phi) is 6.21. The first-order valence-electron chi connectivity index (χ1n) is 7.99. The molecule has 7 nitrogen and oxygen atoms in total. The topological polar surface area (TPSA) is 101 Å². The molecule has 0 aliphatic carbocycles. The Morgan fingerprint density at radius 1 is 1.04 bits per heavy atom.